The molecule has 0 bridgehead atoms. The molecule has 4 nitrogen and oxygen atoms in total. The predicted octanol–water partition coefficient (Wildman–Crippen LogP) is 2.06. The smallest absolute Gasteiger partial charge is 0.0957 e. The first kappa shape index (κ1) is 14.3. The Morgan fingerprint density at radius 3 is 2.84 bits per heavy atom. The molecule has 106 valence electrons. The fourth-order valence-corrected chi connectivity index (χ4v) is 2.66. The van der Waals surface area contributed by atoms with Crippen molar-refractivity contribution < 1.29 is 5.11 Å². The zero-order valence-electron chi connectivity index (χ0n) is 12.2. The van der Waals surface area contributed by atoms with E-state index in [1.807, 2.05) is 19.2 Å². The zero-order valence-corrected chi connectivity index (χ0v) is 12.2. The monoisotopic (exact) mass is 263 g/mol. The molecule has 2 atom stereocenters. The molecule has 1 aromatic rings. The van der Waals surface area contributed by atoms with E-state index in [2.05, 4.69) is 34.9 Å². The highest BCUT2D eigenvalue weighted by Crippen LogP contribution is 2.20. The Morgan fingerprint density at radius 1 is 1.53 bits per heavy atom. The van der Waals surface area contributed by atoms with Gasteiger partial charge in [-0.1, -0.05) is 6.92 Å². The third kappa shape index (κ3) is 3.45. The molecule has 2 heterocycles. The van der Waals surface area contributed by atoms with Crippen molar-refractivity contribution in [2.24, 2.45) is 0 Å². The van der Waals surface area contributed by atoms with Gasteiger partial charge in [-0.05, 0) is 45.0 Å². The van der Waals surface area contributed by atoms with Crippen LogP contribution < -0.4 is 4.90 Å². The number of anilines is 1. The molecule has 1 aromatic heterocycles. The van der Waals surface area contributed by atoms with Crippen LogP contribution in [0.15, 0.2) is 18.3 Å². The first-order valence-corrected chi connectivity index (χ1v) is 7.17. The number of hydrogen-bond acceptors (Lipinski definition) is 4. The van der Waals surface area contributed by atoms with E-state index in [0.717, 1.165) is 17.9 Å². The lowest BCUT2D eigenvalue weighted by atomic mass is 10.1. The van der Waals surface area contributed by atoms with E-state index in [0.29, 0.717) is 12.5 Å². The minimum absolute atomic E-state index is 0.444. The summed E-state index contributed by atoms with van der Waals surface area (Å²) in [5, 5.41) is 9.74. The van der Waals surface area contributed by atoms with Gasteiger partial charge in [-0.15, -0.1) is 0 Å². The Hall–Kier alpha value is -1.13. The van der Waals surface area contributed by atoms with E-state index in [9.17, 15) is 5.11 Å². The summed E-state index contributed by atoms with van der Waals surface area (Å²) in [5.74, 6) is 0. The molecule has 0 radical (unpaired) electrons. The highest BCUT2D eigenvalue weighted by molar-refractivity contribution is 5.44. The topological polar surface area (TPSA) is 39.6 Å². The van der Waals surface area contributed by atoms with Gasteiger partial charge in [0.1, 0.15) is 0 Å². The summed E-state index contributed by atoms with van der Waals surface area (Å²) in [7, 11) is 4.31. The Morgan fingerprint density at radius 2 is 2.32 bits per heavy atom. The van der Waals surface area contributed by atoms with Gasteiger partial charge in [-0.2, -0.15) is 0 Å². The van der Waals surface area contributed by atoms with Gasteiger partial charge in [-0.3, -0.25) is 4.98 Å². The Kier molecular flexibility index (Phi) is 4.77. The third-order valence-corrected chi connectivity index (χ3v) is 4.10. The fraction of sp³-hybridized carbons (Fsp3) is 0.667. The number of rotatable bonds is 5. The summed E-state index contributed by atoms with van der Waals surface area (Å²) in [4.78, 5) is 9.04. The summed E-state index contributed by atoms with van der Waals surface area (Å²) >= 11 is 0. The van der Waals surface area contributed by atoms with Gasteiger partial charge in [0.15, 0.2) is 0 Å². The Balaban J connectivity index is 1.97. The number of aliphatic hydroxyl groups excluding tert-OH is 1. The fourth-order valence-electron chi connectivity index (χ4n) is 2.66. The molecule has 0 amide bonds. The van der Waals surface area contributed by atoms with Crippen LogP contribution in [0.2, 0.25) is 0 Å². The number of aliphatic hydroxyl groups is 1. The number of hydrogen-bond donors (Lipinski definition) is 1. The van der Waals surface area contributed by atoms with Crippen molar-refractivity contribution in [3.05, 3.63) is 24.0 Å². The third-order valence-electron chi connectivity index (χ3n) is 4.10. The van der Waals surface area contributed by atoms with Gasteiger partial charge < -0.3 is 14.9 Å². The van der Waals surface area contributed by atoms with Crippen LogP contribution in [0.5, 0.6) is 0 Å². The lowest BCUT2D eigenvalue weighted by Gasteiger charge is -2.27. The van der Waals surface area contributed by atoms with E-state index < -0.39 is 6.10 Å². The van der Waals surface area contributed by atoms with Crippen LogP contribution in [0.3, 0.4) is 0 Å². The van der Waals surface area contributed by atoms with Crippen molar-refractivity contribution >= 4 is 5.69 Å². The molecule has 2 unspecified atom stereocenters. The Labute approximate surface area is 116 Å². The van der Waals surface area contributed by atoms with Gasteiger partial charge >= 0.3 is 0 Å². The highest BCUT2D eigenvalue weighted by Gasteiger charge is 2.22. The predicted molar refractivity (Wildman–Crippen MR) is 78.4 cm³/mol. The second kappa shape index (κ2) is 6.35. The summed E-state index contributed by atoms with van der Waals surface area (Å²) in [6.45, 7) is 4.20. The van der Waals surface area contributed by atoms with Crippen molar-refractivity contribution in [1.82, 2.24) is 9.88 Å². The first-order valence-electron chi connectivity index (χ1n) is 7.17. The number of likely N-dealkylation sites (N-methyl/N-ethyl adjacent to an activating group) is 2. The standard InChI is InChI=1S/C15H25N3O/c1-4-15(19)14-8-7-12(10-16-14)18(3)11-13-6-5-9-17(13)2/h7-8,10,13,15,19H,4-6,9,11H2,1-3H3. The quantitative estimate of drug-likeness (QED) is 0.882. The molecule has 19 heavy (non-hydrogen) atoms. The van der Waals surface area contributed by atoms with Crippen LogP contribution >= 0.6 is 0 Å². The highest BCUT2D eigenvalue weighted by atomic mass is 16.3. The van der Waals surface area contributed by atoms with Gasteiger partial charge in [0.25, 0.3) is 0 Å². The van der Waals surface area contributed by atoms with Crippen molar-refractivity contribution in [2.75, 3.05) is 32.1 Å². The molecule has 0 aliphatic carbocycles. The van der Waals surface area contributed by atoms with E-state index in [4.69, 9.17) is 0 Å². The maximum Gasteiger partial charge on any atom is 0.0957 e. The maximum absolute atomic E-state index is 9.74. The molecule has 0 spiro atoms. The molecule has 1 aliphatic rings. The molecule has 2 rings (SSSR count). The molecule has 1 saturated heterocycles. The van der Waals surface area contributed by atoms with Crippen molar-refractivity contribution in [2.45, 2.75) is 38.3 Å². The average molecular weight is 263 g/mol. The molecular formula is C15H25N3O. The van der Waals surface area contributed by atoms with Crippen LogP contribution in [-0.4, -0.2) is 48.2 Å². The normalized spacial score (nSPS) is 21.6. The van der Waals surface area contributed by atoms with Crippen LogP contribution in [0.1, 0.15) is 38.0 Å². The average Bonchev–Trinajstić information content (AvgIpc) is 2.83. The summed E-state index contributed by atoms with van der Waals surface area (Å²) in [6.07, 6.45) is 4.70. The number of likely N-dealkylation sites (tertiary alicyclic amines) is 1. The molecule has 0 aromatic carbocycles. The molecular weight excluding hydrogens is 238 g/mol. The van der Waals surface area contributed by atoms with E-state index in [1.54, 1.807) is 0 Å². The summed E-state index contributed by atoms with van der Waals surface area (Å²) < 4.78 is 0. The lowest BCUT2D eigenvalue weighted by Crippen LogP contribution is -2.36. The molecule has 1 aliphatic heterocycles. The number of pyridine rings is 1. The number of aromatic nitrogens is 1. The van der Waals surface area contributed by atoms with Gasteiger partial charge in [-0.25, -0.2) is 0 Å². The van der Waals surface area contributed by atoms with Gasteiger partial charge in [0, 0.05) is 19.6 Å². The van der Waals surface area contributed by atoms with E-state index in [1.165, 1.54) is 19.4 Å². The second-order valence-corrected chi connectivity index (χ2v) is 5.52. The molecule has 1 fully saturated rings. The van der Waals surface area contributed by atoms with Crippen LogP contribution in [0, 0.1) is 0 Å². The van der Waals surface area contributed by atoms with E-state index >= 15 is 0 Å². The van der Waals surface area contributed by atoms with E-state index in [-0.39, 0.29) is 0 Å². The number of nitrogens with zero attached hydrogens (tertiary/aromatic N) is 3. The van der Waals surface area contributed by atoms with Crippen molar-refractivity contribution in [1.29, 1.82) is 0 Å². The minimum Gasteiger partial charge on any atom is -0.387 e. The molecule has 0 saturated carbocycles. The van der Waals surface area contributed by atoms with Crippen LogP contribution in [0.25, 0.3) is 0 Å². The minimum atomic E-state index is -0.444. The molecule has 1 N–H and O–H groups in total. The van der Waals surface area contributed by atoms with Crippen molar-refractivity contribution in [3.8, 4) is 0 Å². The largest absolute Gasteiger partial charge is 0.387 e. The SMILES string of the molecule is CCC(O)c1ccc(N(C)CC2CCCN2C)cn1. The summed E-state index contributed by atoms with van der Waals surface area (Å²) in [6, 6.07) is 4.63. The van der Waals surface area contributed by atoms with Crippen LogP contribution in [0.4, 0.5) is 5.69 Å². The van der Waals surface area contributed by atoms with Gasteiger partial charge in [0.2, 0.25) is 0 Å². The second-order valence-electron chi connectivity index (χ2n) is 5.52. The van der Waals surface area contributed by atoms with Gasteiger partial charge in [0.05, 0.1) is 23.7 Å². The first-order chi connectivity index (χ1) is 9.11. The Bertz CT molecular complexity index is 393. The lowest BCUT2D eigenvalue weighted by molar-refractivity contribution is 0.169. The summed E-state index contributed by atoms with van der Waals surface area (Å²) in [5.41, 5.74) is 1.88. The zero-order chi connectivity index (χ0) is 13.8. The van der Waals surface area contributed by atoms with Crippen LogP contribution in [-0.2, 0) is 0 Å². The molecule has 4 heteroatoms. The maximum atomic E-state index is 9.74. The van der Waals surface area contributed by atoms with Crippen molar-refractivity contribution in [3.63, 3.8) is 0 Å².